The molecule has 3 heterocycles. The molecule has 0 saturated heterocycles. The summed E-state index contributed by atoms with van der Waals surface area (Å²) in [7, 11) is 2.58. The summed E-state index contributed by atoms with van der Waals surface area (Å²) in [6, 6.07) is 13.3. The van der Waals surface area contributed by atoms with Crippen molar-refractivity contribution in [1.82, 2.24) is 28.8 Å². The summed E-state index contributed by atoms with van der Waals surface area (Å²) in [5, 5.41) is -0.0348. The van der Waals surface area contributed by atoms with E-state index in [2.05, 4.69) is 47.2 Å². The Morgan fingerprint density at radius 3 is 2.67 bits per heavy atom. The van der Waals surface area contributed by atoms with Crippen LogP contribution < -0.4 is 8.67 Å². The molecule has 0 fully saturated rings. The van der Waals surface area contributed by atoms with E-state index in [-0.39, 0.29) is 11.4 Å². The van der Waals surface area contributed by atoms with Gasteiger partial charge in [0.05, 0.1) is 40.1 Å². The molecule has 2 atom stereocenters. The Hall–Kier alpha value is -2.98. The van der Waals surface area contributed by atoms with Gasteiger partial charge in [-0.05, 0) is 40.1 Å². The largest absolute Gasteiger partial charge is 0.310 e. The molecule has 0 spiro atoms. The highest BCUT2D eigenvalue weighted by Gasteiger charge is 2.28. The van der Waals surface area contributed by atoms with Crippen LogP contribution in [0, 0.1) is 5.82 Å². The Morgan fingerprint density at radius 2 is 1.91 bits per heavy atom. The fraction of sp³-hybridized carbons (Fsp3) is 0.136. The van der Waals surface area contributed by atoms with Gasteiger partial charge in [-0.15, -0.1) is 0 Å². The van der Waals surface area contributed by atoms with Crippen LogP contribution in [0.5, 0.6) is 0 Å². The Kier molecular flexibility index (Phi) is 5.79. The standard InChI is InChI=1S/C22H18FIN7OP/c1-2-16(31(24)21-18-19(25-11-26-21)27-12-29(18)33)20-28-15-10-6-9-14(23)17(15)22(32)30(20)13-7-4-3-5-8-13/h3-12,16H,2,33H2,1H3. The number of hydrogen-bond donors (Lipinski definition) is 0. The SMILES string of the molecule is CCC(c1nc2cccc(F)c2c(=O)n1-c1ccccc1)N(I)c1ncnc2ncn(P)c12. The van der Waals surface area contributed by atoms with Crippen LogP contribution in [-0.4, -0.2) is 28.8 Å². The summed E-state index contributed by atoms with van der Waals surface area (Å²) >= 11 is 2.18. The highest BCUT2D eigenvalue weighted by Crippen LogP contribution is 2.36. The number of para-hydroxylation sites is 1. The van der Waals surface area contributed by atoms with Crippen molar-refractivity contribution in [2.45, 2.75) is 19.4 Å². The third-order valence-electron chi connectivity index (χ3n) is 5.39. The van der Waals surface area contributed by atoms with Gasteiger partial charge >= 0.3 is 0 Å². The zero-order chi connectivity index (χ0) is 23.1. The molecule has 33 heavy (non-hydrogen) atoms. The summed E-state index contributed by atoms with van der Waals surface area (Å²) in [4.78, 5) is 31.4. The number of imidazole rings is 1. The molecule has 8 nitrogen and oxygen atoms in total. The number of anilines is 1. The van der Waals surface area contributed by atoms with Crippen molar-refractivity contribution < 1.29 is 4.39 Å². The first-order chi connectivity index (χ1) is 16.0. The van der Waals surface area contributed by atoms with E-state index >= 15 is 0 Å². The van der Waals surface area contributed by atoms with E-state index in [1.807, 2.05) is 40.4 Å². The third-order valence-corrected chi connectivity index (χ3v) is 6.91. The Labute approximate surface area is 204 Å². The predicted octanol–water partition coefficient (Wildman–Crippen LogP) is 4.61. The number of halogens is 2. The average Bonchev–Trinajstić information content (AvgIpc) is 3.21. The van der Waals surface area contributed by atoms with Crippen LogP contribution in [-0.2, 0) is 0 Å². The molecular weight excluding hydrogens is 555 g/mol. The smallest absolute Gasteiger partial charge is 0.269 e. The van der Waals surface area contributed by atoms with Gasteiger partial charge < -0.3 is 4.34 Å². The minimum Gasteiger partial charge on any atom is -0.310 e. The van der Waals surface area contributed by atoms with Gasteiger partial charge in [-0.3, -0.25) is 12.5 Å². The molecule has 0 N–H and O–H groups in total. The van der Waals surface area contributed by atoms with Crippen LogP contribution in [0.3, 0.4) is 0 Å². The van der Waals surface area contributed by atoms with Crippen molar-refractivity contribution >= 4 is 60.1 Å². The highest BCUT2D eigenvalue weighted by molar-refractivity contribution is 14.1. The summed E-state index contributed by atoms with van der Waals surface area (Å²) in [6.45, 7) is 2.00. The maximum absolute atomic E-state index is 14.7. The van der Waals surface area contributed by atoms with Crippen LogP contribution in [0.4, 0.5) is 10.2 Å². The van der Waals surface area contributed by atoms with E-state index < -0.39 is 11.4 Å². The van der Waals surface area contributed by atoms with E-state index in [1.165, 1.54) is 17.0 Å². The average molecular weight is 573 g/mol. The van der Waals surface area contributed by atoms with E-state index in [4.69, 9.17) is 4.98 Å². The minimum absolute atomic E-state index is 0.0348. The van der Waals surface area contributed by atoms with Crippen LogP contribution in [0.15, 0.2) is 66.0 Å². The molecule has 11 heteroatoms. The monoisotopic (exact) mass is 573 g/mol. The number of benzene rings is 2. The molecule has 0 aliphatic heterocycles. The maximum Gasteiger partial charge on any atom is 0.269 e. The molecule has 2 aromatic carbocycles. The van der Waals surface area contributed by atoms with Crippen molar-refractivity contribution in [1.29, 1.82) is 0 Å². The Balaban J connectivity index is 1.79. The van der Waals surface area contributed by atoms with Gasteiger partial charge in [0, 0.05) is 0 Å². The van der Waals surface area contributed by atoms with Gasteiger partial charge in [0.2, 0.25) is 0 Å². The molecule has 0 aliphatic carbocycles. The highest BCUT2D eigenvalue weighted by atomic mass is 127. The second kappa shape index (κ2) is 8.75. The molecular formula is C22H18FIN7OP. The molecule has 2 unspecified atom stereocenters. The molecule has 0 amide bonds. The van der Waals surface area contributed by atoms with Crippen LogP contribution >= 0.6 is 32.3 Å². The molecule has 5 rings (SSSR count). The molecule has 0 radical (unpaired) electrons. The second-order valence-electron chi connectivity index (χ2n) is 7.34. The van der Waals surface area contributed by atoms with Crippen molar-refractivity contribution in [3.63, 3.8) is 0 Å². The van der Waals surface area contributed by atoms with Crippen LogP contribution in [0.25, 0.3) is 27.8 Å². The van der Waals surface area contributed by atoms with Gasteiger partial charge in [0.1, 0.15) is 35.2 Å². The normalized spacial score (nSPS) is 12.4. The maximum atomic E-state index is 14.7. The lowest BCUT2D eigenvalue weighted by atomic mass is 10.1. The first-order valence-electron chi connectivity index (χ1n) is 10.2. The van der Waals surface area contributed by atoms with E-state index in [0.29, 0.717) is 34.9 Å². The topological polar surface area (TPSA) is 81.7 Å². The van der Waals surface area contributed by atoms with Crippen LogP contribution in [0.1, 0.15) is 25.2 Å². The lowest BCUT2D eigenvalue weighted by Crippen LogP contribution is -2.31. The fourth-order valence-corrected chi connectivity index (χ4v) is 5.16. The minimum atomic E-state index is -0.593. The quantitative estimate of drug-likeness (QED) is 0.174. The third kappa shape index (κ3) is 3.67. The predicted molar refractivity (Wildman–Crippen MR) is 137 cm³/mol. The number of rotatable bonds is 5. The van der Waals surface area contributed by atoms with Gasteiger partial charge in [0.15, 0.2) is 11.5 Å². The summed E-state index contributed by atoms with van der Waals surface area (Å²) in [5.74, 6) is 0.529. The molecule has 0 saturated carbocycles. The summed E-state index contributed by atoms with van der Waals surface area (Å²) < 4.78 is 19.9. The molecule has 0 bridgehead atoms. The Bertz CT molecular complexity index is 1540. The lowest BCUT2D eigenvalue weighted by molar-refractivity contribution is 0.622. The van der Waals surface area contributed by atoms with E-state index in [0.717, 1.165) is 5.52 Å². The molecule has 3 aromatic heterocycles. The summed E-state index contributed by atoms with van der Waals surface area (Å²) in [6.07, 6.45) is 3.72. The second-order valence-corrected chi connectivity index (χ2v) is 8.93. The van der Waals surface area contributed by atoms with Gasteiger partial charge in [-0.25, -0.2) is 24.3 Å². The first kappa shape index (κ1) is 21.8. The van der Waals surface area contributed by atoms with Crippen molar-refractivity contribution in [3.8, 4) is 5.69 Å². The fourth-order valence-electron chi connectivity index (χ4n) is 3.87. The number of nitrogens with zero attached hydrogens (tertiary/aromatic N) is 7. The van der Waals surface area contributed by atoms with Gasteiger partial charge in [0.25, 0.3) is 5.56 Å². The van der Waals surface area contributed by atoms with Gasteiger partial charge in [-0.2, -0.15) is 0 Å². The molecule has 0 aliphatic rings. The number of aromatic nitrogens is 6. The molecule has 166 valence electrons. The van der Waals surface area contributed by atoms with Crippen molar-refractivity contribution in [3.05, 3.63) is 83.2 Å². The number of fused-ring (bicyclic) bond motifs is 2. The van der Waals surface area contributed by atoms with Gasteiger partial charge in [-0.1, -0.05) is 31.2 Å². The Morgan fingerprint density at radius 1 is 1.12 bits per heavy atom. The summed E-state index contributed by atoms with van der Waals surface area (Å²) in [5.41, 5.74) is 1.76. The van der Waals surface area contributed by atoms with Crippen LogP contribution in [0.2, 0.25) is 0 Å². The lowest BCUT2D eigenvalue weighted by Gasteiger charge is -2.28. The number of hydrogen-bond acceptors (Lipinski definition) is 6. The zero-order valence-corrected chi connectivity index (χ0v) is 20.7. The molecule has 5 aromatic rings. The van der Waals surface area contributed by atoms with E-state index in [9.17, 15) is 9.18 Å². The van der Waals surface area contributed by atoms with Crippen molar-refractivity contribution in [2.24, 2.45) is 0 Å². The first-order valence-corrected chi connectivity index (χ1v) is 11.6. The van der Waals surface area contributed by atoms with Crippen molar-refractivity contribution in [2.75, 3.05) is 3.11 Å². The zero-order valence-electron chi connectivity index (χ0n) is 17.4. The van der Waals surface area contributed by atoms with E-state index in [1.54, 1.807) is 22.8 Å².